The fourth-order valence-corrected chi connectivity index (χ4v) is 4.87. The van der Waals surface area contributed by atoms with Gasteiger partial charge in [0.05, 0.1) is 23.2 Å². The molecular weight excluding hydrogens is 625 g/mol. The van der Waals surface area contributed by atoms with E-state index in [-0.39, 0.29) is 31.6 Å². The van der Waals surface area contributed by atoms with E-state index in [4.69, 9.17) is 25.8 Å². The molecule has 0 unspecified atom stereocenters. The molecule has 0 saturated carbocycles. The first kappa shape index (κ1) is 32.8. The lowest BCUT2D eigenvalue weighted by Gasteiger charge is -2.19. The Labute approximate surface area is 267 Å². The molecule has 0 saturated heterocycles. The molecule has 0 bridgehead atoms. The SMILES string of the molecule is CC(C)(C)OC(=O)COCCOc1ccc(CCc2c(-c3ccc(C(F)(F)F)cc3)nn(-c3nc4cc(Cl)ccc4[nH]3)c2O)cc1. The van der Waals surface area contributed by atoms with Gasteiger partial charge in [-0.3, -0.25) is 0 Å². The Morgan fingerprint density at radius 3 is 2.37 bits per heavy atom. The molecule has 242 valence electrons. The van der Waals surface area contributed by atoms with Crippen LogP contribution in [-0.2, 0) is 33.3 Å². The Balaban J connectivity index is 1.29. The number of halogens is 4. The zero-order chi connectivity index (χ0) is 33.1. The van der Waals surface area contributed by atoms with Gasteiger partial charge in [-0.1, -0.05) is 35.9 Å². The van der Waals surface area contributed by atoms with Gasteiger partial charge in [-0.05, 0) is 81.6 Å². The number of carbonyl (C=O) groups excluding carboxylic acids is 1. The van der Waals surface area contributed by atoms with Crippen LogP contribution >= 0.6 is 11.6 Å². The van der Waals surface area contributed by atoms with Crippen molar-refractivity contribution in [1.82, 2.24) is 19.7 Å². The first-order chi connectivity index (χ1) is 21.8. The maximum Gasteiger partial charge on any atom is 0.416 e. The summed E-state index contributed by atoms with van der Waals surface area (Å²) < 4.78 is 57.1. The molecule has 13 heteroatoms. The van der Waals surface area contributed by atoms with E-state index in [9.17, 15) is 23.1 Å². The summed E-state index contributed by atoms with van der Waals surface area (Å²) in [7, 11) is 0. The maximum absolute atomic E-state index is 13.2. The van der Waals surface area contributed by atoms with E-state index in [1.807, 2.05) is 12.1 Å². The summed E-state index contributed by atoms with van der Waals surface area (Å²) in [5.74, 6) is 0.199. The Kier molecular flexibility index (Phi) is 9.59. The summed E-state index contributed by atoms with van der Waals surface area (Å²) in [6.45, 7) is 5.62. The molecule has 3 aromatic carbocycles. The van der Waals surface area contributed by atoms with Crippen molar-refractivity contribution in [3.8, 4) is 28.8 Å². The van der Waals surface area contributed by atoms with E-state index < -0.39 is 23.3 Å². The number of aromatic nitrogens is 4. The number of hydrogen-bond acceptors (Lipinski definition) is 7. The van der Waals surface area contributed by atoms with Gasteiger partial charge in [-0.15, -0.1) is 0 Å². The highest BCUT2D eigenvalue weighted by Crippen LogP contribution is 2.35. The van der Waals surface area contributed by atoms with Crippen molar-refractivity contribution in [2.75, 3.05) is 19.8 Å². The smallest absolute Gasteiger partial charge is 0.416 e. The molecule has 0 spiro atoms. The lowest BCUT2D eigenvalue weighted by atomic mass is 10.00. The van der Waals surface area contributed by atoms with Crippen LogP contribution in [0.3, 0.4) is 0 Å². The van der Waals surface area contributed by atoms with E-state index in [2.05, 4.69) is 15.1 Å². The molecule has 9 nitrogen and oxygen atoms in total. The number of rotatable bonds is 11. The highest BCUT2D eigenvalue weighted by Gasteiger charge is 2.30. The second kappa shape index (κ2) is 13.4. The number of fused-ring (bicyclic) bond motifs is 1. The molecule has 2 N–H and O–H groups in total. The van der Waals surface area contributed by atoms with E-state index in [1.165, 1.54) is 16.8 Å². The van der Waals surface area contributed by atoms with E-state index >= 15 is 0 Å². The topological polar surface area (TPSA) is 111 Å². The highest BCUT2D eigenvalue weighted by atomic mass is 35.5. The average Bonchev–Trinajstić information content (AvgIpc) is 3.55. The third-order valence-electron chi connectivity index (χ3n) is 6.80. The van der Waals surface area contributed by atoms with Crippen LogP contribution in [0.2, 0.25) is 5.02 Å². The number of benzene rings is 3. The number of H-pyrrole nitrogens is 1. The number of aromatic amines is 1. The van der Waals surface area contributed by atoms with Crippen molar-refractivity contribution in [2.45, 2.75) is 45.4 Å². The molecule has 0 aliphatic carbocycles. The molecule has 0 aliphatic heterocycles. The molecule has 0 radical (unpaired) electrons. The second-order valence-electron chi connectivity index (χ2n) is 11.5. The number of nitrogens with zero attached hydrogens (tertiary/aromatic N) is 3. The summed E-state index contributed by atoms with van der Waals surface area (Å²) in [6, 6.07) is 17.1. The normalized spacial score (nSPS) is 12.1. The number of ether oxygens (including phenoxy) is 3. The van der Waals surface area contributed by atoms with Crippen LogP contribution in [0.15, 0.2) is 66.7 Å². The molecular formula is C33H32ClF3N4O5. The van der Waals surface area contributed by atoms with Gasteiger partial charge in [0.2, 0.25) is 11.8 Å². The maximum atomic E-state index is 13.2. The van der Waals surface area contributed by atoms with Crippen molar-refractivity contribution < 1.29 is 37.3 Å². The van der Waals surface area contributed by atoms with Gasteiger partial charge < -0.3 is 24.3 Å². The van der Waals surface area contributed by atoms with Gasteiger partial charge in [0.15, 0.2) is 0 Å². The highest BCUT2D eigenvalue weighted by molar-refractivity contribution is 6.31. The molecule has 2 aromatic heterocycles. The Morgan fingerprint density at radius 2 is 1.70 bits per heavy atom. The number of aryl methyl sites for hydroxylation is 1. The molecule has 0 amide bonds. The minimum absolute atomic E-state index is 0.165. The quantitative estimate of drug-likeness (QED) is 0.113. The summed E-state index contributed by atoms with van der Waals surface area (Å²) >= 11 is 6.10. The van der Waals surface area contributed by atoms with Crippen molar-refractivity contribution in [2.24, 2.45) is 0 Å². The predicted octanol–water partition coefficient (Wildman–Crippen LogP) is 7.32. The molecule has 0 fully saturated rings. The van der Waals surface area contributed by atoms with Gasteiger partial charge in [0.1, 0.15) is 30.3 Å². The van der Waals surface area contributed by atoms with Crippen LogP contribution < -0.4 is 4.74 Å². The van der Waals surface area contributed by atoms with E-state index in [0.29, 0.717) is 51.5 Å². The minimum Gasteiger partial charge on any atom is -0.493 e. The lowest BCUT2D eigenvalue weighted by Crippen LogP contribution is -2.27. The van der Waals surface area contributed by atoms with Gasteiger partial charge in [-0.2, -0.15) is 23.0 Å². The van der Waals surface area contributed by atoms with Gasteiger partial charge in [0.25, 0.3) is 0 Å². The van der Waals surface area contributed by atoms with Crippen molar-refractivity contribution in [3.05, 3.63) is 88.4 Å². The molecule has 46 heavy (non-hydrogen) atoms. The van der Waals surface area contributed by atoms with Crippen LogP contribution in [0, 0.1) is 0 Å². The van der Waals surface area contributed by atoms with Crippen molar-refractivity contribution >= 4 is 28.6 Å². The van der Waals surface area contributed by atoms with Crippen LogP contribution in [0.1, 0.15) is 37.5 Å². The number of hydrogen-bond donors (Lipinski definition) is 2. The fourth-order valence-electron chi connectivity index (χ4n) is 4.70. The number of carbonyl (C=O) groups is 1. The number of alkyl halides is 3. The van der Waals surface area contributed by atoms with Crippen LogP contribution in [0.25, 0.3) is 28.2 Å². The van der Waals surface area contributed by atoms with E-state index in [0.717, 1.165) is 17.7 Å². The summed E-state index contributed by atoms with van der Waals surface area (Å²) in [4.78, 5) is 19.3. The van der Waals surface area contributed by atoms with Crippen LogP contribution in [-0.4, -0.2) is 56.2 Å². The molecule has 0 atom stereocenters. The number of aromatic hydroxyl groups is 1. The van der Waals surface area contributed by atoms with Gasteiger partial charge >= 0.3 is 12.1 Å². The van der Waals surface area contributed by atoms with E-state index in [1.54, 1.807) is 51.1 Å². The first-order valence-corrected chi connectivity index (χ1v) is 14.8. The average molecular weight is 657 g/mol. The number of imidazole rings is 1. The number of esters is 1. The zero-order valence-corrected chi connectivity index (χ0v) is 26.1. The Bertz CT molecular complexity index is 1810. The monoisotopic (exact) mass is 656 g/mol. The molecule has 5 rings (SSSR count). The van der Waals surface area contributed by atoms with Crippen molar-refractivity contribution in [3.63, 3.8) is 0 Å². The first-order valence-electron chi connectivity index (χ1n) is 14.4. The molecule has 0 aliphatic rings. The second-order valence-corrected chi connectivity index (χ2v) is 11.9. The summed E-state index contributed by atoms with van der Waals surface area (Å²) in [6.07, 6.45) is -3.67. The van der Waals surface area contributed by atoms with Gasteiger partial charge in [0, 0.05) is 16.1 Å². The standard InChI is InChI=1S/C33H32ClF3N4O5/c1-32(2,3)46-28(42)19-44-16-17-45-24-12-4-20(5-13-24)6-14-25-29(21-7-9-22(10-8-21)33(35,36)37)40-41(30(25)43)31-38-26-15-11-23(34)18-27(26)39-31/h4-5,7-13,15,18,43H,6,14,16-17,19H2,1-3H3,(H,38,39). The Hall–Kier alpha value is -4.55. The summed E-state index contributed by atoms with van der Waals surface area (Å²) in [5.41, 5.74) is 1.98. The van der Waals surface area contributed by atoms with Crippen LogP contribution in [0.5, 0.6) is 11.6 Å². The Morgan fingerprint density at radius 1 is 0.978 bits per heavy atom. The number of nitrogens with one attached hydrogen (secondary N) is 1. The van der Waals surface area contributed by atoms with Crippen LogP contribution in [0.4, 0.5) is 13.2 Å². The lowest BCUT2D eigenvalue weighted by molar-refractivity contribution is -0.160. The molecule has 5 aromatic rings. The summed E-state index contributed by atoms with van der Waals surface area (Å²) in [5, 5.41) is 16.4. The minimum atomic E-state index is -4.48. The fraction of sp³-hybridized carbons (Fsp3) is 0.303. The third-order valence-corrected chi connectivity index (χ3v) is 7.03. The van der Waals surface area contributed by atoms with Crippen molar-refractivity contribution in [1.29, 1.82) is 0 Å². The predicted molar refractivity (Wildman–Crippen MR) is 166 cm³/mol. The largest absolute Gasteiger partial charge is 0.493 e. The molecule has 2 heterocycles. The zero-order valence-electron chi connectivity index (χ0n) is 25.3. The third kappa shape index (κ3) is 8.18. The van der Waals surface area contributed by atoms with Gasteiger partial charge in [-0.25, -0.2) is 9.78 Å².